The molecule has 0 saturated carbocycles. The normalized spacial score (nSPS) is 10.3. The van der Waals surface area contributed by atoms with E-state index in [4.69, 9.17) is 18.6 Å². The van der Waals surface area contributed by atoms with Crippen molar-refractivity contribution in [2.24, 2.45) is 0 Å². The highest BCUT2D eigenvalue weighted by molar-refractivity contribution is 5.91. The molecule has 1 aromatic carbocycles. The van der Waals surface area contributed by atoms with Crippen LogP contribution in [0.15, 0.2) is 34.9 Å². The molecule has 0 aliphatic rings. The van der Waals surface area contributed by atoms with E-state index >= 15 is 0 Å². The summed E-state index contributed by atoms with van der Waals surface area (Å²) in [6, 6.07) is 7.11. The van der Waals surface area contributed by atoms with Crippen LogP contribution in [0.25, 0.3) is 0 Å². The summed E-state index contributed by atoms with van der Waals surface area (Å²) in [5.74, 6) is 1.97. The van der Waals surface area contributed by atoms with E-state index in [0.717, 1.165) is 12.1 Å². The molecular formula is C17H23N2O5+. The van der Waals surface area contributed by atoms with Crippen LogP contribution < -0.4 is 24.8 Å². The topological polar surface area (TPSA) is 86.5 Å². The zero-order chi connectivity index (χ0) is 17.4. The predicted molar refractivity (Wildman–Crippen MR) is 87.6 cm³/mol. The average Bonchev–Trinajstić information content (AvgIpc) is 3.15. The van der Waals surface area contributed by atoms with Gasteiger partial charge >= 0.3 is 0 Å². The third-order valence-corrected chi connectivity index (χ3v) is 3.53. The molecule has 3 N–H and O–H groups in total. The van der Waals surface area contributed by atoms with Gasteiger partial charge in [0.25, 0.3) is 5.91 Å². The summed E-state index contributed by atoms with van der Waals surface area (Å²) < 4.78 is 21.1. The van der Waals surface area contributed by atoms with Gasteiger partial charge in [-0.3, -0.25) is 4.79 Å². The first-order chi connectivity index (χ1) is 11.7. The van der Waals surface area contributed by atoms with Crippen molar-refractivity contribution in [2.75, 3.05) is 34.4 Å². The number of nitrogens with two attached hydrogens (primary N) is 1. The summed E-state index contributed by atoms with van der Waals surface area (Å²) in [6.45, 7) is 1.96. The first-order valence-electron chi connectivity index (χ1n) is 7.62. The summed E-state index contributed by atoms with van der Waals surface area (Å²) in [7, 11) is 4.77. The number of nitrogens with one attached hydrogen (secondary N) is 1. The summed E-state index contributed by atoms with van der Waals surface area (Å²) in [5.41, 5.74) is 0.993. The van der Waals surface area contributed by atoms with Crippen molar-refractivity contribution in [3.63, 3.8) is 0 Å². The molecule has 0 unspecified atom stereocenters. The van der Waals surface area contributed by atoms with E-state index in [1.165, 1.54) is 6.26 Å². The van der Waals surface area contributed by atoms with Crippen molar-refractivity contribution in [1.82, 2.24) is 5.32 Å². The lowest BCUT2D eigenvalue weighted by atomic mass is 10.1. The molecule has 2 rings (SSSR count). The number of rotatable bonds is 9. The van der Waals surface area contributed by atoms with Crippen molar-refractivity contribution < 1.29 is 28.7 Å². The maximum absolute atomic E-state index is 11.7. The molecule has 0 radical (unpaired) electrons. The predicted octanol–water partition coefficient (Wildman–Crippen LogP) is 0.799. The van der Waals surface area contributed by atoms with E-state index in [-0.39, 0.29) is 5.91 Å². The molecule has 0 spiro atoms. The van der Waals surface area contributed by atoms with Crippen molar-refractivity contribution in [2.45, 2.75) is 6.54 Å². The Morgan fingerprint density at radius 3 is 2.54 bits per heavy atom. The second-order valence-electron chi connectivity index (χ2n) is 5.01. The number of quaternary nitrogens is 1. The number of methoxy groups -OCH3 is 3. The van der Waals surface area contributed by atoms with Crippen LogP contribution in [0.1, 0.15) is 16.1 Å². The molecule has 0 bridgehead atoms. The third-order valence-electron chi connectivity index (χ3n) is 3.53. The SMILES string of the molecule is COc1ccc(C[NH2+]CCNC(=O)c2ccco2)c(OC)c1OC. The number of hydrogen-bond donors (Lipinski definition) is 2. The van der Waals surface area contributed by atoms with Crippen molar-refractivity contribution >= 4 is 5.91 Å². The molecule has 7 nitrogen and oxygen atoms in total. The van der Waals surface area contributed by atoms with Crippen molar-refractivity contribution in [1.29, 1.82) is 0 Å². The molecule has 1 heterocycles. The van der Waals surface area contributed by atoms with Crippen LogP contribution in [0.2, 0.25) is 0 Å². The van der Waals surface area contributed by atoms with Crippen LogP contribution in [-0.4, -0.2) is 40.3 Å². The lowest BCUT2D eigenvalue weighted by Gasteiger charge is -2.15. The van der Waals surface area contributed by atoms with Crippen LogP contribution in [0.3, 0.4) is 0 Å². The monoisotopic (exact) mass is 335 g/mol. The van der Waals surface area contributed by atoms with E-state index in [1.54, 1.807) is 33.5 Å². The Morgan fingerprint density at radius 2 is 1.92 bits per heavy atom. The maximum atomic E-state index is 11.7. The van der Waals surface area contributed by atoms with Crippen LogP contribution in [-0.2, 0) is 6.54 Å². The number of carbonyl (C=O) groups is 1. The largest absolute Gasteiger partial charge is 0.493 e. The Bertz CT molecular complexity index is 655. The molecule has 0 aliphatic heterocycles. The van der Waals surface area contributed by atoms with E-state index < -0.39 is 0 Å². The summed E-state index contributed by atoms with van der Waals surface area (Å²) >= 11 is 0. The van der Waals surface area contributed by atoms with Crippen LogP contribution in [0.4, 0.5) is 0 Å². The first kappa shape index (κ1) is 17.7. The number of carbonyl (C=O) groups excluding carboxylic acids is 1. The first-order valence-corrected chi connectivity index (χ1v) is 7.62. The van der Waals surface area contributed by atoms with Gasteiger partial charge in [-0.15, -0.1) is 0 Å². The smallest absolute Gasteiger partial charge is 0.287 e. The second kappa shape index (κ2) is 8.83. The Morgan fingerprint density at radius 1 is 1.12 bits per heavy atom. The molecule has 130 valence electrons. The van der Waals surface area contributed by atoms with Crippen LogP contribution in [0.5, 0.6) is 17.2 Å². The van der Waals surface area contributed by atoms with Gasteiger partial charge in [0.1, 0.15) is 6.54 Å². The zero-order valence-electron chi connectivity index (χ0n) is 14.1. The molecule has 24 heavy (non-hydrogen) atoms. The minimum atomic E-state index is -0.211. The number of ether oxygens (including phenoxy) is 3. The highest BCUT2D eigenvalue weighted by atomic mass is 16.5. The van der Waals surface area contributed by atoms with Gasteiger partial charge in [-0.25, -0.2) is 0 Å². The summed E-state index contributed by atoms with van der Waals surface area (Å²) in [5, 5.41) is 4.88. The van der Waals surface area contributed by atoms with E-state index in [0.29, 0.717) is 36.1 Å². The molecule has 0 saturated heterocycles. The van der Waals surface area contributed by atoms with Gasteiger partial charge in [0, 0.05) is 0 Å². The number of hydrogen-bond acceptors (Lipinski definition) is 5. The van der Waals surface area contributed by atoms with E-state index in [9.17, 15) is 4.79 Å². The van der Waals surface area contributed by atoms with Gasteiger partial charge in [0.15, 0.2) is 17.3 Å². The molecule has 1 aromatic heterocycles. The van der Waals surface area contributed by atoms with Gasteiger partial charge in [-0.1, -0.05) is 0 Å². The minimum absolute atomic E-state index is 0.211. The summed E-state index contributed by atoms with van der Waals surface area (Å²) in [6.07, 6.45) is 1.48. The molecule has 2 aromatic rings. The van der Waals surface area contributed by atoms with E-state index in [1.807, 2.05) is 12.1 Å². The average molecular weight is 335 g/mol. The highest BCUT2D eigenvalue weighted by Gasteiger charge is 2.16. The fourth-order valence-corrected chi connectivity index (χ4v) is 2.36. The molecule has 0 fully saturated rings. The Hall–Kier alpha value is -2.67. The van der Waals surface area contributed by atoms with Gasteiger partial charge in [0.05, 0.1) is 46.2 Å². The number of furan rings is 1. The quantitative estimate of drug-likeness (QED) is 0.662. The van der Waals surface area contributed by atoms with Gasteiger partial charge in [-0.2, -0.15) is 0 Å². The molecule has 0 atom stereocenters. The highest BCUT2D eigenvalue weighted by Crippen LogP contribution is 2.39. The van der Waals surface area contributed by atoms with E-state index in [2.05, 4.69) is 10.6 Å². The molecule has 7 heteroatoms. The number of amides is 1. The van der Waals surface area contributed by atoms with Crippen molar-refractivity contribution in [3.8, 4) is 17.2 Å². The fraction of sp³-hybridized carbons (Fsp3) is 0.353. The fourth-order valence-electron chi connectivity index (χ4n) is 2.36. The Kier molecular flexibility index (Phi) is 6.51. The van der Waals surface area contributed by atoms with Crippen LogP contribution in [0, 0.1) is 0 Å². The van der Waals surface area contributed by atoms with Gasteiger partial charge < -0.3 is 29.3 Å². The maximum Gasteiger partial charge on any atom is 0.287 e. The van der Waals surface area contributed by atoms with Crippen LogP contribution >= 0.6 is 0 Å². The standard InChI is InChI=1S/C17H22N2O5/c1-21-13-7-6-12(15(22-2)16(13)23-3)11-18-8-9-19-17(20)14-5-4-10-24-14/h4-7,10,18H,8-9,11H2,1-3H3,(H,19,20)/p+1. The Labute approximate surface area is 140 Å². The lowest BCUT2D eigenvalue weighted by molar-refractivity contribution is -0.668. The van der Waals surface area contributed by atoms with Gasteiger partial charge in [0.2, 0.25) is 5.75 Å². The molecular weight excluding hydrogens is 312 g/mol. The second-order valence-corrected chi connectivity index (χ2v) is 5.01. The number of benzene rings is 1. The van der Waals surface area contributed by atoms with Gasteiger partial charge in [-0.05, 0) is 24.3 Å². The third kappa shape index (κ3) is 4.20. The Balaban J connectivity index is 1.85. The molecule has 1 amide bonds. The summed E-state index contributed by atoms with van der Waals surface area (Å²) in [4.78, 5) is 11.7. The lowest BCUT2D eigenvalue weighted by Crippen LogP contribution is -2.84. The minimum Gasteiger partial charge on any atom is -0.493 e. The zero-order valence-corrected chi connectivity index (χ0v) is 14.1. The molecule has 0 aliphatic carbocycles. The van der Waals surface area contributed by atoms with Crippen molar-refractivity contribution in [3.05, 3.63) is 41.9 Å².